The number of hydrogen-bond acceptors (Lipinski definition) is 3. The highest BCUT2D eigenvalue weighted by Gasteiger charge is 2.39. The van der Waals surface area contributed by atoms with Gasteiger partial charge in [0.15, 0.2) is 0 Å². The molecule has 1 saturated carbocycles. The van der Waals surface area contributed by atoms with E-state index in [2.05, 4.69) is 10.6 Å². The minimum atomic E-state index is -0.839. The number of hydrogen-bond donors (Lipinski definition) is 3. The fraction of sp³-hybridized carbons (Fsp3) is 0.786. The van der Waals surface area contributed by atoms with Crippen molar-refractivity contribution in [3.63, 3.8) is 0 Å². The lowest BCUT2D eigenvalue weighted by Gasteiger charge is -2.28. The van der Waals surface area contributed by atoms with Gasteiger partial charge in [0.2, 0.25) is 11.8 Å². The zero-order chi connectivity index (χ0) is 14.6. The maximum Gasteiger partial charge on any atom is 0.311 e. The molecule has 1 heterocycles. The number of carbonyl (C=O) groups is 3. The van der Waals surface area contributed by atoms with Crippen LogP contribution < -0.4 is 10.6 Å². The van der Waals surface area contributed by atoms with Crippen LogP contribution in [0.15, 0.2) is 0 Å². The molecule has 6 heteroatoms. The summed E-state index contributed by atoms with van der Waals surface area (Å²) in [5.74, 6) is -1.21. The van der Waals surface area contributed by atoms with Crippen molar-refractivity contribution in [2.75, 3.05) is 6.54 Å². The van der Waals surface area contributed by atoms with Crippen LogP contribution >= 0.6 is 0 Å². The van der Waals surface area contributed by atoms with E-state index in [0.717, 1.165) is 25.7 Å². The summed E-state index contributed by atoms with van der Waals surface area (Å²) >= 11 is 0. The van der Waals surface area contributed by atoms with Gasteiger partial charge >= 0.3 is 5.97 Å². The van der Waals surface area contributed by atoms with E-state index in [-0.39, 0.29) is 18.4 Å². The summed E-state index contributed by atoms with van der Waals surface area (Å²) in [6.45, 7) is 0.160. The number of carboxylic acids is 1. The smallest absolute Gasteiger partial charge is 0.311 e. The molecule has 0 radical (unpaired) electrons. The van der Waals surface area contributed by atoms with Gasteiger partial charge in [-0.3, -0.25) is 14.4 Å². The minimum Gasteiger partial charge on any atom is -0.481 e. The molecule has 1 unspecified atom stereocenters. The summed E-state index contributed by atoms with van der Waals surface area (Å²) in [5, 5.41) is 14.8. The Hall–Kier alpha value is -1.59. The topological polar surface area (TPSA) is 95.5 Å². The molecule has 0 aromatic rings. The van der Waals surface area contributed by atoms with Crippen molar-refractivity contribution in [3.8, 4) is 0 Å². The molecule has 2 rings (SSSR count). The lowest BCUT2D eigenvalue weighted by atomic mass is 9.80. The van der Waals surface area contributed by atoms with E-state index in [4.69, 9.17) is 0 Å². The van der Waals surface area contributed by atoms with Gasteiger partial charge in [0, 0.05) is 13.0 Å². The highest BCUT2D eigenvalue weighted by atomic mass is 16.4. The molecule has 0 aromatic carbocycles. The number of aliphatic carboxylic acids is 1. The van der Waals surface area contributed by atoms with Gasteiger partial charge in [-0.1, -0.05) is 25.7 Å². The molecule has 0 bridgehead atoms. The van der Waals surface area contributed by atoms with E-state index in [9.17, 15) is 19.5 Å². The third-order valence-electron chi connectivity index (χ3n) is 4.43. The quantitative estimate of drug-likeness (QED) is 0.665. The number of rotatable bonds is 4. The monoisotopic (exact) mass is 282 g/mol. The third-order valence-corrected chi connectivity index (χ3v) is 4.43. The Morgan fingerprint density at radius 1 is 1.25 bits per heavy atom. The fourth-order valence-corrected chi connectivity index (χ4v) is 3.06. The standard InChI is InChI=1S/C14H22N2O4/c17-11-6-5-10(16-11)12(18)15-9-14(13(19)20)7-3-1-2-4-8-14/h10H,1-9H2,(H,15,18)(H,16,17)(H,19,20). The molecule has 6 nitrogen and oxygen atoms in total. The number of nitrogens with one attached hydrogen (secondary N) is 2. The van der Waals surface area contributed by atoms with Crippen LogP contribution in [-0.4, -0.2) is 35.5 Å². The minimum absolute atomic E-state index is 0.118. The van der Waals surface area contributed by atoms with Gasteiger partial charge in [0.25, 0.3) is 0 Å². The average molecular weight is 282 g/mol. The Morgan fingerprint density at radius 2 is 1.90 bits per heavy atom. The Morgan fingerprint density at radius 3 is 2.40 bits per heavy atom. The third kappa shape index (κ3) is 3.29. The largest absolute Gasteiger partial charge is 0.481 e. The summed E-state index contributed by atoms with van der Waals surface area (Å²) in [7, 11) is 0. The number of carboxylic acid groups (broad SMARTS) is 1. The molecule has 3 N–H and O–H groups in total. The molecule has 1 aliphatic carbocycles. The molecule has 20 heavy (non-hydrogen) atoms. The predicted octanol–water partition coefficient (Wildman–Crippen LogP) is 0.806. The van der Waals surface area contributed by atoms with Crippen LogP contribution in [0.4, 0.5) is 0 Å². The van der Waals surface area contributed by atoms with Crippen LogP contribution in [0.25, 0.3) is 0 Å². The van der Waals surface area contributed by atoms with Gasteiger partial charge in [0.05, 0.1) is 5.41 Å². The zero-order valence-electron chi connectivity index (χ0n) is 11.6. The van der Waals surface area contributed by atoms with E-state index in [1.165, 1.54) is 0 Å². The van der Waals surface area contributed by atoms with Crippen molar-refractivity contribution >= 4 is 17.8 Å². The summed E-state index contributed by atoms with van der Waals surface area (Å²) < 4.78 is 0. The molecular weight excluding hydrogens is 260 g/mol. The van der Waals surface area contributed by atoms with Crippen molar-refractivity contribution in [1.82, 2.24) is 10.6 Å². The lowest BCUT2D eigenvalue weighted by molar-refractivity contribution is -0.150. The van der Waals surface area contributed by atoms with Crippen LogP contribution in [0.2, 0.25) is 0 Å². The molecule has 2 fully saturated rings. The van der Waals surface area contributed by atoms with Gasteiger partial charge in [0.1, 0.15) is 6.04 Å². The van der Waals surface area contributed by atoms with Crippen LogP contribution in [0, 0.1) is 5.41 Å². The maximum absolute atomic E-state index is 12.0. The maximum atomic E-state index is 12.0. The summed E-state index contributed by atoms with van der Waals surface area (Å²) in [5.41, 5.74) is -0.839. The molecule has 1 saturated heterocycles. The van der Waals surface area contributed by atoms with Gasteiger partial charge in [-0.05, 0) is 19.3 Å². The Labute approximate surface area is 118 Å². The second-order valence-corrected chi connectivity index (χ2v) is 5.88. The lowest BCUT2D eigenvalue weighted by Crippen LogP contribution is -2.48. The van der Waals surface area contributed by atoms with Gasteiger partial charge < -0.3 is 15.7 Å². The van der Waals surface area contributed by atoms with Crippen molar-refractivity contribution in [3.05, 3.63) is 0 Å². The molecule has 2 aliphatic rings. The fourth-order valence-electron chi connectivity index (χ4n) is 3.06. The van der Waals surface area contributed by atoms with Crippen LogP contribution in [0.5, 0.6) is 0 Å². The Bertz CT molecular complexity index is 400. The molecule has 112 valence electrons. The van der Waals surface area contributed by atoms with Crippen LogP contribution in [0.1, 0.15) is 51.4 Å². The van der Waals surface area contributed by atoms with Crippen molar-refractivity contribution in [2.24, 2.45) is 5.41 Å². The molecule has 2 amide bonds. The predicted molar refractivity (Wildman–Crippen MR) is 71.9 cm³/mol. The van der Waals surface area contributed by atoms with Gasteiger partial charge in [-0.2, -0.15) is 0 Å². The molecule has 1 atom stereocenters. The van der Waals surface area contributed by atoms with Gasteiger partial charge in [-0.25, -0.2) is 0 Å². The average Bonchev–Trinajstić information content (AvgIpc) is 2.71. The first-order valence-electron chi connectivity index (χ1n) is 7.34. The Kier molecular flexibility index (Phi) is 4.62. The summed E-state index contributed by atoms with van der Waals surface area (Å²) in [4.78, 5) is 34.7. The van der Waals surface area contributed by atoms with E-state index in [0.29, 0.717) is 25.7 Å². The summed E-state index contributed by atoms with van der Waals surface area (Å²) in [6.07, 6.45) is 5.97. The second-order valence-electron chi connectivity index (χ2n) is 5.88. The highest BCUT2D eigenvalue weighted by molar-refractivity contribution is 5.91. The second kappa shape index (κ2) is 6.24. The summed E-state index contributed by atoms with van der Waals surface area (Å²) in [6, 6.07) is -0.501. The number of carbonyl (C=O) groups excluding carboxylic acids is 2. The van der Waals surface area contributed by atoms with Crippen molar-refractivity contribution in [2.45, 2.75) is 57.4 Å². The van der Waals surface area contributed by atoms with Crippen LogP contribution in [0.3, 0.4) is 0 Å². The first kappa shape index (κ1) is 14.8. The SMILES string of the molecule is O=C1CCC(C(=O)NCC2(C(=O)O)CCCCCC2)N1. The van der Waals surface area contributed by atoms with E-state index < -0.39 is 17.4 Å². The number of amides is 2. The van der Waals surface area contributed by atoms with E-state index in [1.807, 2.05) is 0 Å². The normalized spacial score (nSPS) is 25.6. The highest BCUT2D eigenvalue weighted by Crippen LogP contribution is 2.34. The van der Waals surface area contributed by atoms with Crippen molar-refractivity contribution in [1.29, 1.82) is 0 Å². The van der Waals surface area contributed by atoms with Gasteiger partial charge in [-0.15, -0.1) is 0 Å². The zero-order valence-corrected chi connectivity index (χ0v) is 11.6. The van der Waals surface area contributed by atoms with E-state index >= 15 is 0 Å². The molecule has 0 spiro atoms. The first-order chi connectivity index (χ1) is 9.53. The van der Waals surface area contributed by atoms with Crippen LogP contribution in [-0.2, 0) is 14.4 Å². The molecule has 1 aliphatic heterocycles. The van der Waals surface area contributed by atoms with E-state index in [1.54, 1.807) is 0 Å². The Balaban J connectivity index is 1.93. The molecular formula is C14H22N2O4. The van der Waals surface area contributed by atoms with Crippen molar-refractivity contribution < 1.29 is 19.5 Å². The molecule has 0 aromatic heterocycles. The first-order valence-corrected chi connectivity index (χ1v) is 7.34.